The first-order valence-electron chi connectivity index (χ1n) is 6.82. The maximum atomic E-state index is 12.2. The fourth-order valence-electron chi connectivity index (χ4n) is 1.79. The second-order valence-corrected chi connectivity index (χ2v) is 7.69. The van der Waals surface area contributed by atoms with E-state index >= 15 is 0 Å². The molecule has 1 N–H and O–H groups in total. The summed E-state index contributed by atoms with van der Waals surface area (Å²) in [7, 11) is -1.99. The van der Waals surface area contributed by atoms with Crippen molar-refractivity contribution < 1.29 is 13.2 Å². The summed E-state index contributed by atoms with van der Waals surface area (Å²) in [5.74, 6) is -0.269. The first-order chi connectivity index (χ1) is 10.4. The average Bonchev–Trinajstić information content (AvgIpc) is 3.03. The molecule has 2 rings (SSSR count). The molecule has 5 nitrogen and oxygen atoms in total. The number of nitrogens with one attached hydrogen (secondary N) is 1. The van der Waals surface area contributed by atoms with Crippen LogP contribution in [0.5, 0.6) is 0 Å². The molecule has 0 saturated heterocycles. The molecule has 1 heterocycles. The topological polar surface area (TPSA) is 66.5 Å². The number of benzene rings is 1. The van der Waals surface area contributed by atoms with E-state index in [1.54, 1.807) is 6.92 Å². The van der Waals surface area contributed by atoms with Crippen molar-refractivity contribution in [2.45, 2.75) is 18.4 Å². The SMILES string of the molecule is CCN(C)S(=O)(=O)c1csc(C(=O)NCc2ccccc2)c1. The van der Waals surface area contributed by atoms with E-state index < -0.39 is 10.0 Å². The predicted molar refractivity (Wildman–Crippen MR) is 87.4 cm³/mol. The molecule has 1 amide bonds. The summed E-state index contributed by atoms with van der Waals surface area (Å²) in [6.45, 7) is 2.56. The Balaban J connectivity index is 2.06. The second kappa shape index (κ2) is 7.04. The van der Waals surface area contributed by atoms with Crippen molar-refractivity contribution in [2.24, 2.45) is 0 Å². The number of nitrogens with zero attached hydrogens (tertiary/aromatic N) is 1. The molecule has 0 fully saturated rings. The van der Waals surface area contributed by atoms with Crippen molar-refractivity contribution >= 4 is 27.3 Å². The molecule has 1 aromatic carbocycles. The third kappa shape index (κ3) is 3.73. The molecule has 0 aliphatic heterocycles. The van der Waals surface area contributed by atoms with Crippen LogP contribution in [-0.4, -0.2) is 32.2 Å². The van der Waals surface area contributed by atoms with Gasteiger partial charge in [-0.1, -0.05) is 37.3 Å². The zero-order chi connectivity index (χ0) is 16.2. The molecule has 0 aliphatic carbocycles. The molecule has 7 heteroatoms. The number of carbonyl (C=O) groups is 1. The Morgan fingerprint density at radius 2 is 1.95 bits per heavy atom. The molecule has 0 saturated carbocycles. The molecular weight excluding hydrogens is 320 g/mol. The summed E-state index contributed by atoms with van der Waals surface area (Å²) in [5.41, 5.74) is 0.992. The van der Waals surface area contributed by atoms with Crippen LogP contribution in [0.2, 0.25) is 0 Å². The highest BCUT2D eigenvalue weighted by Crippen LogP contribution is 2.22. The van der Waals surface area contributed by atoms with Crippen LogP contribution in [0, 0.1) is 0 Å². The molecular formula is C15H18N2O3S2. The molecule has 0 atom stereocenters. The van der Waals surface area contributed by atoms with Gasteiger partial charge >= 0.3 is 0 Å². The van der Waals surface area contributed by atoms with Crippen LogP contribution in [0.1, 0.15) is 22.2 Å². The molecule has 2 aromatic rings. The number of carbonyl (C=O) groups excluding carboxylic acids is 1. The standard InChI is InChI=1S/C15H18N2O3S2/c1-3-17(2)22(19,20)13-9-14(21-11-13)15(18)16-10-12-7-5-4-6-8-12/h4-9,11H,3,10H2,1-2H3,(H,16,18). The van der Waals surface area contributed by atoms with E-state index in [1.165, 1.54) is 22.8 Å². The van der Waals surface area contributed by atoms with Crippen molar-refractivity contribution in [1.29, 1.82) is 0 Å². The summed E-state index contributed by atoms with van der Waals surface area (Å²) in [6, 6.07) is 11.0. The number of hydrogen-bond acceptors (Lipinski definition) is 4. The van der Waals surface area contributed by atoms with Gasteiger partial charge in [0.05, 0.1) is 9.77 Å². The van der Waals surface area contributed by atoms with E-state index in [4.69, 9.17) is 0 Å². The highest BCUT2D eigenvalue weighted by molar-refractivity contribution is 7.89. The summed E-state index contributed by atoms with van der Waals surface area (Å²) in [4.78, 5) is 12.6. The Kier molecular flexibility index (Phi) is 5.33. The van der Waals surface area contributed by atoms with Gasteiger partial charge < -0.3 is 5.32 Å². The minimum Gasteiger partial charge on any atom is -0.347 e. The first-order valence-corrected chi connectivity index (χ1v) is 9.14. The number of hydrogen-bond donors (Lipinski definition) is 1. The van der Waals surface area contributed by atoms with Crippen LogP contribution in [0.25, 0.3) is 0 Å². The maximum Gasteiger partial charge on any atom is 0.261 e. The van der Waals surface area contributed by atoms with Crippen molar-refractivity contribution in [3.8, 4) is 0 Å². The lowest BCUT2D eigenvalue weighted by Gasteiger charge is -2.12. The van der Waals surface area contributed by atoms with E-state index in [0.717, 1.165) is 16.9 Å². The smallest absolute Gasteiger partial charge is 0.261 e. The third-order valence-corrected chi connectivity index (χ3v) is 6.24. The molecule has 1 aromatic heterocycles. The Morgan fingerprint density at radius 3 is 2.59 bits per heavy atom. The van der Waals surface area contributed by atoms with Gasteiger partial charge in [0, 0.05) is 25.5 Å². The minimum absolute atomic E-state index is 0.159. The van der Waals surface area contributed by atoms with E-state index in [9.17, 15) is 13.2 Å². The Morgan fingerprint density at radius 1 is 1.27 bits per heavy atom. The first kappa shape index (κ1) is 16.7. The largest absolute Gasteiger partial charge is 0.347 e. The van der Waals surface area contributed by atoms with Gasteiger partial charge in [-0.2, -0.15) is 0 Å². The van der Waals surface area contributed by atoms with Crippen molar-refractivity contribution in [3.63, 3.8) is 0 Å². The molecule has 0 aliphatic rings. The van der Waals surface area contributed by atoms with Crippen molar-refractivity contribution in [1.82, 2.24) is 9.62 Å². The van der Waals surface area contributed by atoms with E-state index in [-0.39, 0.29) is 10.8 Å². The van der Waals surface area contributed by atoms with Gasteiger partial charge in [0.15, 0.2) is 0 Å². The summed E-state index contributed by atoms with van der Waals surface area (Å²) < 4.78 is 25.6. The van der Waals surface area contributed by atoms with Gasteiger partial charge in [0.2, 0.25) is 10.0 Å². The number of thiophene rings is 1. The molecule has 0 bridgehead atoms. The molecule has 22 heavy (non-hydrogen) atoms. The fourth-order valence-corrected chi connectivity index (χ4v) is 4.15. The zero-order valence-electron chi connectivity index (χ0n) is 12.4. The summed E-state index contributed by atoms with van der Waals surface area (Å²) in [5, 5.41) is 4.29. The predicted octanol–water partition coefficient (Wildman–Crippen LogP) is 2.32. The van der Waals surface area contributed by atoms with E-state index in [1.807, 2.05) is 30.3 Å². The van der Waals surface area contributed by atoms with E-state index in [2.05, 4.69) is 5.32 Å². The minimum atomic E-state index is -3.51. The number of amides is 1. The lowest BCUT2D eigenvalue weighted by atomic mass is 10.2. The zero-order valence-corrected chi connectivity index (χ0v) is 14.1. The van der Waals surface area contributed by atoms with Gasteiger partial charge in [0.1, 0.15) is 0 Å². The maximum absolute atomic E-state index is 12.2. The Labute approximate surface area is 134 Å². The Bertz CT molecular complexity index is 739. The van der Waals surface area contributed by atoms with Gasteiger partial charge in [-0.3, -0.25) is 4.79 Å². The molecule has 118 valence electrons. The highest BCUT2D eigenvalue weighted by Gasteiger charge is 2.22. The highest BCUT2D eigenvalue weighted by atomic mass is 32.2. The van der Waals surface area contributed by atoms with Gasteiger partial charge in [-0.05, 0) is 11.6 Å². The molecule has 0 spiro atoms. The molecule has 0 unspecified atom stereocenters. The van der Waals surface area contributed by atoms with Crippen LogP contribution in [0.4, 0.5) is 0 Å². The van der Waals surface area contributed by atoms with Gasteiger partial charge in [0.25, 0.3) is 5.91 Å². The van der Waals surface area contributed by atoms with Crippen molar-refractivity contribution in [3.05, 3.63) is 52.2 Å². The van der Waals surface area contributed by atoms with Gasteiger partial charge in [-0.15, -0.1) is 11.3 Å². The quantitative estimate of drug-likeness (QED) is 0.879. The fraction of sp³-hybridized carbons (Fsp3) is 0.267. The van der Waals surface area contributed by atoms with Crippen LogP contribution in [-0.2, 0) is 16.6 Å². The second-order valence-electron chi connectivity index (χ2n) is 4.73. The summed E-state index contributed by atoms with van der Waals surface area (Å²) in [6.07, 6.45) is 0. The average molecular weight is 338 g/mol. The monoisotopic (exact) mass is 338 g/mol. The lowest BCUT2D eigenvalue weighted by Crippen LogP contribution is -2.26. The summed E-state index contributed by atoms with van der Waals surface area (Å²) >= 11 is 1.13. The van der Waals surface area contributed by atoms with Crippen LogP contribution < -0.4 is 5.32 Å². The number of rotatable bonds is 6. The van der Waals surface area contributed by atoms with Crippen LogP contribution in [0.15, 0.2) is 46.7 Å². The molecule has 0 radical (unpaired) electrons. The Hall–Kier alpha value is -1.70. The van der Waals surface area contributed by atoms with Crippen LogP contribution >= 0.6 is 11.3 Å². The van der Waals surface area contributed by atoms with E-state index in [0.29, 0.717) is 18.0 Å². The third-order valence-electron chi connectivity index (χ3n) is 3.25. The van der Waals surface area contributed by atoms with Crippen molar-refractivity contribution in [2.75, 3.05) is 13.6 Å². The van der Waals surface area contributed by atoms with Gasteiger partial charge in [-0.25, -0.2) is 12.7 Å². The lowest BCUT2D eigenvalue weighted by molar-refractivity contribution is 0.0955. The van der Waals surface area contributed by atoms with Crippen LogP contribution in [0.3, 0.4) is 0 Å². The number of sulfonamides is 1. The normalized spacial score (nSPS) is 11.6.